The number of nitro benzene ring substituents is 1. The molecule has 2 aromatic rings. The molecule has 0 spiro atoms. The largest absolute Gasteiger partial charge is 0.497 e. The zero-order valence-corrected chi connectivity index (χ0v) is 10.8. The SMILES string of the molecule is COc1ccc(Nc2ccc(Cl)cc2[N+](=O)[O-])cc1. The quantitative estimate of drug-likeness (QED) is 0.678. The Balaban J connectivity index is 2.29. The summed E-state index contributed by atoms with van der Waals surface area (Å²) in [4.78, 5) is 10.5. The summed E-state index contributed by atoms with van der Waals surface area (Å²) in [5.74, 6) is 0.719. The first-order valence-corrected chi connectivity index (χ1v) is 5.83. The molecule has 19 heavy (non-hydrogen) atoms. The van der Waals surface area contributed by atoms with E-state index in [0.29, 0.717) is 10.7 Å². The maximum absolute atomic E-state index is 11.0. The average Bonchev–Trinajstić information content (AvgIpc) is 2.41. The lowest BCUT2D eigenvalue weighted by atomic mass is 10.2. The number of nitro groups is 1. The average molecular weight is 279 g/mol. The van der Waals surface area contributed by atoms with E-state index in [0.717, 1.165) is 11.4 Å². The Morgan fingerprint density at radius 3 is 2.47 bits per heavy atom. The maximum atomic E-state index is 11.0. The van der Waals surface area contributed by atoms with Crippen LogP contribution in [0.3, 0.4) is 0 Å². The van der Waals surface area contributed by atoms with Crippen LogP contribution in [0.25, 0.3) is 0 Å². The van der Waals surface area contributed by atoms with Gasteiger partial charge in [0, 0.05) is 16.8 Å². The van der Waals surface area contributed by atoms with Gasteiger partial charge in [-0.3, -0.25) is 10.1 Å². The molecule has 2 aromatic carbocycles. The third-order valence-electron chi connectivity index (χ3n) is 2.53. The van der Waals surface area contributed by atoms with Crippen LogP contribution >= 0.6 is 11.6 Å². The van der Waals surface area contributed by atoms with Gasteiger partial charge in [0.05, 0.1) is 12.0 Å². The van der Waals surface area contributed by atoms with E-state index in [1.165, 1.54) is 6.07 Å². The molecule has 0 atom stereocenters. The van der Waals surface area contributed by atoms with Crippen molar-refractivity contribution in [2.24, 2.45) is 0 Å². The number of nitrogens with zero attached hydrogens (tertiary/aromatic N) is 1. The van der Waals surface area contributed by atoms with Crippen molar-refractivity contribution in [1.82, 2.24) is 0 Å². The Hall–Kier alpha value is -2.27. The van der Waals surface area contributed by atoms with Gasteiger partial charge in [-0.1, -0.05) is 11.6 Å². The van der Waals surface area contributed by atoms with Crippen molar-refractivity contribution in [1.29, 1.82) is 0 Å². The second kappa shape index (κ2) is 5.58. The van der Waals surface area contributed by atoms with Gasteiger partial charge in [-0.15, -0.1) is 0 Å². The van der Waals surface area contributed by atoms with E-state index in [2.05, 4.69) is 5.32 Å². The summed E-state index contributed by atoms with van der Waals surface area (Å²) < 4.78 is 5.04. The number of hydrogen-bond donors (Lipinski definition) is 1. The number of benzene rings is 2. The van der Waals surface area contributed by atoms with Crippen LogP contribution in [0.4, 0.5) is 17.1 Å². The first-order chi connectivity index (χ1) is 9.10. The van der Waals surface area contributed by atoms with Crippen molar-refractivity contribution >= 4 is 28.7 Å². The molecule has 1 N–H and O–H groups in total. The summed E-state index contributed by atoms with van der Waals surface area (Å²) in [5.41, 5.74) is 1.05. The summed E-state index contributed by atoms with van der Waals surface area (Å²) >= 11 is 5.75. The Kier molecular flexibility index (Phi) is 3.87. The molecule has 0 aliphatic heterocycles. The van der Waals surface area contributed by atoms with Crippen molar-refractivity contribution in [3.05, 3.63) is 57.6 Å². The van der Waals surface area contributed by atoms with Gasteiger partial charge in [-0.05, 0) is 36.4 Å². The van der Waals surface area contributed by atoms with E-state index < -0.39 is 4.92 Å². The molecular formula is C13H11ClN2O3. The number of nitrogens with one attached hydrogen (secondary N) is 1. The second-order valence-electron chi connectivity index (χ2n) is 3.77. The molecule has 0 heterocycles. The van der Waals surface area contributed by atoms with Crippen molar-refractivity contribution in [3.63, 3.8) is 0 Å². The number of halogens is 1. The van der Waals surface area contributed by atoms with Crippen molar-refractivity contribution in [2.45, 2.75) is 0 Å². The number of anilines is 2. The summed E-state index contributed by atoms with van der Waals surface area (Å²) in [7, 11) is 1.58. The zero-order valence-electron chi connectivity index (χ0n) is 10.1. The van der Waals surface area contributed by atoms with Gasteiger partial charge in [0.25, 0.3) is 5.69 Å². The minimum atomic E-state index is -0.474. The lowest BCUT2D eigenvalue weighted by molar-refractivity contribution is -0.383. The molecule has 0 saturated heterocycles. The lowest BCUT2D eigenvalue weighted by Crippen LogP contribution is -1.97. The highest BCUT2D eigenvalue weighted by molar-refractivity contribution is 6.30. The molecule has 0 aromatic heterocycles. The molecule has 0 amide bonds. The summed E-state index contributed by atoms with van der Waals surface area (Å²) in [5, 5.41) is 14.3. The molecule has 0 bridgehead atoms. The number of hydrogen-bond acceptors (Lipinski definition) is 4. The monoisotopic (exact) mass is 278 g/mol. The number of ether oxygens (including phenoxy) is 1. The van der Waals surface area contributed by atoms with Crippen LogP contribution in [-0.2, 0) is 0 Å². The normalized spacial score (nSPS) is 10.0. The molecule has 6 heteroatoms. The predicted octanol–water partition coefficient (Wildman–Crippen LogP) is 4.00. The Morgan fingerprint density at radius 1 is 1.21 bits per heavy atom. The van der Waals surface area contributed by atoms with Crippen LogP contribution in [0.1, 0.15) is 0 Å². The van der Waals surface area contributed by atoms with E-state index in [4.69, 9.17) is 16.3 Å². The molecule has 5 nitrogen and oxygen atoms in total. The van der Waals surface area contributed by atoms with Gasteiger partial charge in [0.2, 0.25) is 0 Å². The van der Waals surface area contributed by atoms with Gasteiger partial charge >= 0.3 is 0 Å². The van der Waals surface area contributed by atoms with Crippen LogP contribution in [-0.4, -0.2) is 12.0 Å². The smallest absolute Gasteiger partial charge is 0.294 e. The van der Waals surface area contributed by atoms with Gasteiger partial charge < -0.3 is 10.1 Å². The van der Waals surface area contributed by atoms with E-state index in [1.807, 2.05) is 0 Å². The van der Waals surface area contributed by atoms with Crippen LogP contribution in [0.15, 0.2) is 42.5 Å². The second-order valence-corrected chi connectivity index (χ2v) is 4.21. The summed E-state index contributed by atoms with van der Waals surface area (Å²) in [6, 6.07) is 11.6. The highest BCUT2D eigenvalue weighted by Crippen LogP contribution is 2.30. The van der Waals surface area contributed by atoms with Crippen LogP contribution < -0.4 is 10.1 Å². The minimum Gasteiger partial charge on any atom is -0.497 e. The number of rotatable bonds is 4. The Labute approximate surface area is 114 Å². The van der Waals surface area contributed by atoms with Gasteiger partial charge in [-0.25, -0.2) is 0 Å². The van der Waals surface area contributed by atoms with Crippen molar-refractivity contribution < 1.29 is 9.66 Å². The third kappa shape index (κ3) is 3.14. The first-order valence-electron chi connectivity index (χ1n) is 5.45. The molecule has 0 aliphatic rings. The van der Waals surface area contributed by atoms with Gasteiger partial charge in [-0.2, -0.15) is 0 Å². The zero-order chi connectivity index (χ0) is 13.8. The molecule has 0 unspecified atom stereocenters. The maximum Gasteiger partial charge on any atom is 0.294 e. The van der Waals surface area contributed by atoms with Crippen LogP contribution in [0, 0.1) is 10.1 Å². The van der Waals surface area contributed by atoms with Crippen LogP contribution in [0.5, 0.6) is 5.75 Å². The lowest BCUT2D eigenvalue weighted by Gasteiger charge is -2.08. The van der Waals surface area contributed by atoms with E-state index in [9.17, 15) is 10.1 Å². The van der Waals surface area contributed by atoms with Gasteiger partial charge in [0.1, 0.15) is 11.4 Å². The fraction of sp³-hybridized carbons (Fsp3) is 0.0769. The Bertz CT molecular complexity index is 599. The molecule has 98 valence electrons. The fourth-order valence-electron chi connectivity index (χ4n) is 1.59. The molecule has 0 aliphatic carbocycles. The van der Waals surface area contributed by atoms with Crippen LogP contribution in [0.2, 0.25) is 5.02 Å². The molecule has 2 rings (SSSR count). The van der Waals surface area contributed by atoms with Gasteiger partial charge in [0.15, 0.2) is 0 Å². The summed E-state index contributed by atoms with van der Waals surface area (Å²) in [6.45, 7) is 0. The van der Waals surface area contributed by atoms with E-state index in [-0.39, 0.29) is 5.69 Å². The molecule has 0 fully saturated rings. The van der Waals surface area contributed by atoms with E-state index in [1.54, 1.807) is 43.5 Å². The van der Waals surface area contributed by atoms with E-state index >= 15 is 0 Å². The minimum absolute atomic E-state index is 0.0664. The molecular weight excluding hydrogens is 268 g/mol. The highest BCUT2D eigenvalue weighted by Gasteiger charge is 2.14. The summed E-state index contributed by atoms with van der Waals surface area (Å²) in [6.07, 6.45) is 0. The number of methoxy groups -OCH3 is 1. The first kappa shape index (κ1) is 13.2. The Morgan fingerprint density at radius 2 is 1.89 bits per heavy atom. The topological polar surface area (TPSA) is 64.4 Å². The van der Waals surface area contributed by atoms with Crippen molar-refractivity contribution in [2.75, 3.05) is 12.4 Å². The predicted molar refractivity (Wildman–Crippen MR) is 74.4 cm³/mol. The molecule has 0 radical (unpaired) electrons. The molecule has 0 saturated carbocycles. The third-order valence-corrected chi connectivity index (χ3v) is 2.76. The standard InChI is InChI=1S/C13H11ClN2O3/c1-19-11-5-3-10(4-6-11)15-12-7-2-9(14)8-13(12)16(17)18/h2-8,15H,1H3. The fourth-order valence-corrected chi connectivity index (χ4v) is 1.76. The van der Waals surface area contributed by atoms with Crippen molar-refractivity contribution in [3.8, 4) is 5.75 Å². The highest BCUT2D eigenvalue weighted by atomic mass is 35.5.